The van der Waals surface area contributed by atoms with Crippen LogP contribution in [0.2, 0.25) is 0 Å². The van der Waals surface area contributed by atoms with Crippen molar-refractivity contribution in [2.24, 2.45) is 0 Å². The average molecular weight is 454 g/mol. The van der Waals surface area contributed by atoms with Crippen molar-refractivity contribution in [3.8, 4) is 0 Å². The van der Waals surface area contributed by atoms with E-state index in [2.05, 4.69) is 75.4 Å². The molecule has 0 atom stereocenters. The first-order valence-electron chi connectivity index (χ1n) is 11.7. The maximum Gasteiger partial charge on any atom is 0.393 e. The number of nitrogens with zero attached hydrogens (tertiary/aromatic N) is 3. The summed E-state index contributed by atoms with van der Waals surface area (Å²) in [5.74, 6) is 0. The van der Waals surface area contributed by atoms with Crippen molar-refractivity contribution in [1.82, 2.24) is 15.0 Å². The molecule has 6 rings (SSSR count). The van der Waals surface area contributed by atoms with E-state index in [1.807, 2.05) is 36.8 Å². The molecule has 0 saturated heterocycles. The third-order valence-corrected chi connectivity index (χ3v) is 10.3. The van der Waals surface area contributed by atoms with Crippen molar-refractivity contribution >= 4 is 60.1 Å². The fraction of sp³-hybridized carbons (Fsp3) is 0.100. The molecular weight excluding hydrogens is 429 g/mol. The Morgan fingerprint density at radius 2 is 0.765 bits per heavy atom. The van der Waals surface area contributed by atoms with Crippen molar-refractivity contribution in [3.05, 3.63) is 108 Å². The number of benzene rings is 3. The van der Waals surface area contributed by atoms with Gasteiger partial charge in [-0.25, -0.2) is 0 Å². The van der Waals surface area contributed by atoms with Gasteiger partial charge >= 0.3 is 14.1 Å². The lowest BCUT2D eigenvalue weighted by Crippen LogP contribution is -2.53. The van der Waals surface area contributed by atoms with Gasteiger partial charge in [-0.1, -0.05) is 67.9 Å². The molecule has 3 nitrogen and oxygen atoms in total. The van der Waals surface area contributed by atoms with E-state index in [9.17, 15) is 0 Å². The van der Waals surface area contributed by atoms with Crippen LogP contribution in [0.15, 0.2) is 91.4 Å². The van der Waals surface area contributed by atoms with Gasteiger partial charge < -0.3 is 0 Å². The van der Waals surface area contributed by atoms with Crippen LogP contribution in [0, 0.1) is 20.8 Å². The Bertz CT molecular complexity index is 1500. The first kappa shape index (κ1) is 21.0. The normalized spacial score (nSPS) is 11.4. The number of pyridine rings is 3. The van der Waals surface area contributed by atoms with E-state index in [0.29, 0.717) is 0 Å². The molecule has 3 heterocycles. The van der Waals surface area contributed by atoms with E-state index in [-0.39, 0.29) is 0 Å². The standard InChI is InChI=1S/3C10H8N.Al/c3*1-8-4-2-6-10-9(8)5-3-7-11-10;/h3*2-5,7H,1H3;. The summed E-state index contributed by atoms with van der Waals surface area (Å²) in [6.45, 7) is 6.49. The van der Waals surface area contributed by atoms with Crippen molar-refractivity contribution in [2.75, 3.05) is 0 Å². The highest BCUT2D eigenvalue weighted by atomic mass is 27.2. The van der Waals surface area contributed by atoms with E-state index in [0.717, 1.165) is 16.6 Å². The molecule has 0 unspecified atom stereocenters. The second kappa shape index (κ2) is 8.33. The number of aryl methyl sites for hydroxylation is 3. The number of rotatable bonds is 3. The number of hydrogen-bond donors (Lipinski definition) is 0. The van der Waals surface area contributed by atoms with E-state index in [4.69, 9.17) is 15.0 Å². The Labute approximate surface area is 203 Å². The first-order valence-corrected chi connectivity index (χ1v) is 13.4. The number of fused-ring (bicyclic) bond motifs is 3. The van der Waals surface area contributed by atoms with Crippen LogP contribution in [0.3, 0.4) is 0 Å². The highest BCUT2D eigenvalue weighted by Crippen LogP contribution is 2.20. The van der Waals surface area contributed by atoms with Gasteiger partial charge in [-0.15, -0.1) is 0 Å². The predicted octanol–water partition coefficient (Wildman–Crippen LogP) is 4.77. The zero-order valence-corrected chi connectivity index (χ0v) is 20.7. The van der Waals surface area contributed by atoms with Gasteiger partial charge in [-0.3, -0.25) is 15.0 Å². The third kappa shape index (κ3) is 3.30. The monoisotopic (exact) mass is 453 g/mol. The number of aromatic nitrogens is 3. The van der Waals surface area contributed by atoms with Crippen molar-refractivity contribution in [2.45, 2.75) is 20.8 Å². The molecule has 0 N–H and O–H groups in total. The van der Waals surface area contributed by atoms with Gasteiger partial charge in [0.25, 0.3) is 0 Å². The molecule has 3 aromatic heterocycles. The average Bonchev–Trinajstić information content (AvgIpc) is 2.88. The minimum absolute atomic E-state index is 1.09. The fourth-order valence-electron chi connectivity index (χ4n) is 5.21. The third-order valence-electron chi connectivity index (χ3n) is 6.99. The molecule has 0 radical (unpaired) electrons. The highest BCUT2D eigenvalue weighted by Gasteiger charge is 2.32. The second-order valence-corrected chi connectivity index (χ2v) is 11.8. The van der Waals surface area contributed by atoms with Gasteiger partial charge in [0, 0.05) is 34.7 Å². The Kier molecular flexibility index (Phi) is 5.14. The van der Waals surface area contributed by atoms with Crippen LogP contribution >= 0.6 is 0 Å². The van der Waals surface area contributed by atoms with Crippen LogP contribution in [0.4, 0.5) is 0 Å². The lowest BCUT2D eigenvalue weighted by atomic mass is 10.1. The van der Waals surface area contributed by atoms with Crippen LogP contribution in [-0.2, 0) is 0 Å². The van der Waals surface area contributed by atoms with Gasteiger partial charge in [-0.2, -0.15) is 0 Å². The summed E-state index contributed by atoms with van der Waals surface area (Å²) in [6.07, 6.45) is 5.73. The van der Waals surface area contributed by atoms with Crippen LogP contribution in [-0.4, -0.2) is 29.1 Å². The SMILES string of the molecule is Cc1cc[c]([Al]([c]2ccc(C)c3cccnc23)[c]2ccc(C)c3cccnc23)c2ncccc12. The minimum Gasteiger partial charge on any atom is -0.257 e. The molecule has 0 saturated carbocycles. The summed E-state index contributed by atoms with van der Waals surface area (Å²) in [7, 11) is 0. The molecule has 3 aromatic carbocycles. The summed E-state index contributed by atoms with van der Waals surface area (Å²) in [6, 6.07) is 26.3. The Balaban J connectivity index is 1.77. The van der Waals surface area contributed by atoms with Crippen LogP contribution in [0.25, 0.3) is 32.7 Å². The highest BCUT2D eigenvalue weighted by molar-refractivity contribution is 6.99. The van der Waals surface area contributed by atoms with Crippen molar-refractivity contribution in [3.63, 3.8) is 0 Å². The summed E-state index contributed by atoms with van der Waals surface area (Å²) in [4.78, 5) is 14.7. The topological polar surface area (TPSA) is 38.7 Å². The van der Waals surface area contributed by atoms with Crippen molar-refractivity contribution < 1.29 is 0 Å². The molecule has 0 aliphatic heterocycles. The molecule has 4 heteroatoms. The van der Waals surface area contributed by atoms with Gasteiger partial charge in [-0.05, 0) is 55.7 Å². The lowest BCUT2D eigenvalue weighted by Gasteiger charge is -2.20. The molecular formula is C30H24AlN3. The fourth-order valence-corrected chi connectivity index (χ4v) is 8.59. The van der Waals surface area contributed by atoms with Crippen molar-refractivity contribution in [1.29, 1.82) is 0 Å². The maximum absolute atomic E-state index is 4.90. The van der Waals surface area contributed by atoms with E-state index >= 15 is 0 Å². The molecule has 0 amide bonds. The zero-order valence-electron chi connectivity index (χ0n) is 19.6. The molecule has 0 bridgehead atoms. The zero-order chi connectivity index (χ0) is 23.2. The maximum atomic E-state index is 4.90. The van der Waals surface area contributed by atoms with Gasteiger partial charge in [0.2, 0.25) is 0 Å². The first-order chi connectivity index (χ1) is 16.6. The van der Waals surface area contributed by atoms with Gasteiger partial charge in [0.1, 0.15) is 0 Å². The molecule has 0 aliphatic carbocycles. The Morgan fingerprint density at radius 3 is 1.09 bits per heavy atom. The smallest absolute Gasteiger partial charge is 0.257 e. The van der Waals surface area contributed by atoms with Crippen LogP contribution in [0.1, 0.15) is 16.7 Å². The molecule has 162 valence electrons. The van der Waals surface area contributed by atoms with Crippen LogP contribution in [0.5, 0.6) is 0 Å². The molecule has 34 heavy (non-hydrogen) atoms. The molecule has 0 fully saturated rings. The van der Waals surface area contributed by atoms with E-state index in [1.165, 1.54) is 46.1 Å². The Morgan fingerprint density at radius 1 is 0.441 bits per heavy atom. The minimum atomic E-state index is -2.01. The summed E-state index contributed by atoms with van der Waals surface area (Å²) < 4.78 is 3.94. The van der Waals surface area contributed by atoms with Gasteiger partial charge in [0.15, 0.2) is 0 Å². The largest absolute Gasteiger partial charge is 0.393 e. The molecule has 0 aliphatic rings. The second-order valence-electron chi connectivity index (χ2n) is 9.05. The number of hydrogen-bond acceptors (Lipinski definition) is 3. The summed E-state index contributed by atoms with van der Waals surface area (Å²) >= 11 is -2.01. The predicted molar refractivity (Wildman–Crippen MR) is 144 cm³/mol. The molecule has 0 spiro atoms. The van der Waals surface area contributed by atoms with E-state index < -0.39 is 14.1 Å². The van der Waals surface area contributed by atoms with Gasteiger partial charge in [0.05, 0.1) is 16.6 Å². The summed E-state index contributed by atoms with van der Waals surface area (Å²) in [5, 5.41) is 3.64. The lowest BCUT2D eigenvalue weighted by molar-refractivity contribution is 1.39. The molecule has 6 aromatic rings. The summed E-state index contributed by atoms with van der Waals surface area (Å²) in [5.41, 5.74) is 7.02. The van der Waals surface area contributed by atoms with Crippen LogP contribution < -0.4 is 13.3 Å². The van der Waals surface area contributed by atoms with E-state index in [1.54, 1.807) is 0 Å². The Hall–Kier alpha value is -3.58. The quantitative estimate of drug-likeness (QED) is 0.362.